The average Bonchev–Trinajstić information content (AvgIpc) is 2.65. The molecule has 13 heavy (non-hydrogen) atoms. The quantitative estimate of drug-likeness (QED) is 0.716. The first-order valence-corrected chi connectivity index (χ1v) is 4.77. The number of aromatic nitrogens is 4. The Labute approximate surface area is 81.1 Å². The van der Waals surface area contributed by atoms with Crippen LogP contribution in [-0.2, 0) is 11.3 Å². The summed E-state index contributed by atoms with van der Waals surface area (Å²) in [5.41, 5.74) is 0. The highest BCUT2D eigenvalue weighted by atomic mass is 32.1. The van der Waals surface area contributed by atoms with Gasteiger partial charge in [-0.3, -0.25) is 0 Å². The fourth-order valence-electron chi connectivity index (χ4n) is 1.59. The first-order valence-electron chi connectivity index (χ1n) is 4.37. The van der Waals surface area contributed by atoms with Gasteiger partial charge in [0.05, 0.1) is 6.10 Å². The molecule has 0 saturated carbocycles. The Balaban J connectivity index is 2.06. The van der Waals surface area contributed by atoms with Crippen molar-refractivity contribution in [3.05, 3.63) is 4.77 Å². The van der Waals surface area contributed by atoms with E-state index in [4.69, 9.17) is 17.0 Å². The number of hydrogen-bond donors (Lipinski definition) is 1. The van der Waals surface area contributed by atoms with Gasteiger partial charge in [0.2, 0.25) is 4.77 Å². The molecule has 72 valence electrons. The average molecular weight is 200 g/mol. The number of nitrogens with one attached hydrogen (secondary N) is 1. The van der Waals surface area contributed by atoms with Crippen molar-refractivity contribution < 1.29 is 4.74 Å². The van der Waals surface area contributed by atoms with Crippen LogP contribution in [-0.4, -0.2) is 32.9 Å². The minimum absolute atomic E-state index is 0.310. The van der Waals surface area contributed by atoms with Gasteiger partial charge >= 0.3 is 0 Å². The summed E-state index contributed by atoms with van der Waals surface area (Å²) < 4.78 is 7.75. The Kier molecular flexibility index (Phi) is 2.41. The zero-order valence-corrected chi connectivity index (χ0v) is 8.25. The number of hydrogen-bond acceptors (Lipinski definition) is 4. The predicted octanol–water partition coefficient (Wildman–Crippen LogP) is 0.761. The van der Waals surface area contributed by atoms with Crippen LogP contribution in [0, 0.1) is 10.7 Å². The standard InChI is InChI=1S/C7H12N4OS/c1-5-6(2-3-12-5)4-11-7(13)8-9-10-11/h5-6H,2-4H2,1H3,(H,8,10,13). The second kappa shape index (κ2) is 3.55. The highest BCUT2D eigenvalue weighted by molar-refractivity contribution is 7.71. The van der Waals surface area contributed by atoms with Crippen LogP contribution in [0.2, 0.25) is 0 Å². The minimum atomic E-state index is 0.310. The van der Waals surface area contributed by atoms with Crippen LogP contribution < -0.4 is 0 Å². The van der Waals surface area contributed by atoms with Gasteiger partial charge in [0.1, 0.15) is 0 Å². The summed E-state index contributed by atoms with van der Waals surface area (Å²) in [6, 6.07) is 0. The molecule has 6 heteroatoms. The lowest BCUT2D eigenvalue weighted by Crippen LogP contribution is -2.18. The van der Waals surface area contributed by atoms with Gasteiger partial charge < -0.3 is 4.74 Å². The maximum absolute atomic E-state index is 5.45. The molecule has 0 amide bonds. The molecule has 1 aromatic rings. The van der Waals surface area contributed by atoms with Crippen molar-refractivity contribution in [2.24, 2.45) is 5.92 Å². The van der Waals surface area contributed by atoms with Crippen LogP contribution >= 0.6 is 12.2 Å². The molecule has 1 aliphatic heterocycles. The largest absolute Gasteiger partial charge is 0.378 e. The molecule has 0 aromatic carbocycles. The molecule has 1 aliphatic rings. The molecular formula is C7H12N4OS. The number of tetrazole rings is 1. The molecule has 1 N–H and O–H groups in total. The fourth-order valence-corrected chi connectivity index (χ4v) is 1.74. The Morgan fingerprint density at radius 3 is 3.15 bits per heavy atom. The molecule has 1 saturated heterocycles. The lowest BCUT2D eigenvalue weighted by molar-refractivity contribution is 0.100. The lowest BCUT2D eigenvalue weighted by Gasteiger charge is -2.12. The summed E-state index contributed by atoms with van der Waals surface area (Å²) in [5, 5.41) is 10.1. The molecule has 0 radical (unpaired) electrons. The first kappa shape index (κ1) is 8.83. The Hall–Kier alpha value is -0.750. The van der Waals surface area contributed by atoms with Crippen molar-refractivity contribution in [3.63, 3.8) is 0 Å². The van der Waals surface area contributed by atoms with E-state index >= 15 is 0 Å². The van der Waals surface area contributed by atoms with Gasteiger partial charge in [-0.05, 0) is 25.6 Å². The maximum Gasteiger partial charge on any atom is 0.238 e. The van der Waals surface area contributed by atoms with Gasteiger partial charge in [-0.15, -0.1) is 0 Å². The van der Waals surface area contributed by atoms with Crippen molar-refractivity contribution in [1.29, 1.82) is 0 Å². The molecule has 1 fully saturated rings. The number of H-pyrrole nitrogens is 1. The predicted molar refractivity (Wildman–Crippen MR) is 48.7 cm³/mol. The van der Waals surface area contributed by atoms with Gasteiger partial charge in [-0.25, -0.2) is 4.68 Å². The summed E-state index contributed by atoms with van der Waals surface area (Å²) in [7, 11) is 0. The molecule has 2 unspecified atom stereocenters. The van der Waals surface area contributed by atoms with E-state index in [1.54, 1.807) is 4.68 Å². The molecule has 0 spiro atoms. The summed E-state index contributed by atoms with van der Waals surface area (Å²) in [4.78, 5) is 0. The van der Waals surface area contributed by atoms with E-state index in [1.165, 1.54) is 0 Å². The maximum atomic E-state index is 5.45. The number of rotatable bonds is 2. The van der Waals surface area contributed by atoms with Crippen molar-refractivity contribution in [2.75, 3.05) is 6.61 Å². The second-order valence-electron chi connectivity index (χ2n) is 3.32. The van der Waals surface area contributed by atoms with Crippen molar-refractivity contribution in [1.82, 2.24) is 20.2 Å². The third kappa shape index (κ3) is 1.78. The zero-order valence-electron chi connectivity index (χ0n) is 7.43. The summed E-state index contributed by atoms with van der Waals surface area (Å²) in [6.07, 6.45) is 1.40. The Morgan fingerprint density at radius 1 is 1.77 bits per heavy atom. The van der Waals surface area contributed by atoms with E-state index in [-0.39, 0.29) is 0 Å². The van der Waals surface area contributed by atoms with E-state index in [0.29, 0.717) is 16.8 Å². The van der Waals surface area contributed by atoms with E-state index in [2.05, 4.69) is 22.4 Å². The van der Waals surface area contributed by atoms with E-state index in [1.807, 2.05) is 0 Å². The molecule has 0 bridgehead atoms. The number of nitrogens with zero attached hydrogens (tertiary/aromatic N) is 3. The van der Waals surface area contributed by atoms with Gasteiger partial charge in [-0.1, -0.05) is 10.3 Å². The van der Waals surface area contributed by atoms with Crippen molar-refractivity contribution in [2.45, 2.75) is 26.0 Å². The normalized spacial score (nSPS) is 28.1. The third-order valence-electron chi connectivity index (χ3n) is 2.48. The van der Waals surface area contributed by atoms with Crippen LogP contribution in [0.3, 0.4) is 0 Å². The van der Waals surface area contributed by atoms with Crippen LogP contribution in [0.5, 0.6) is 0 Å². The third-order valence-corrected chi connectivity index (χ3v) is 2.78. The summed E-state index contributed by atoms with van der Waals surface area (Å²) >= 11 is 4.98. The smallest absolute Gasteiger partial charge is 0.238 e. The zero-order chi connectivity index (χ0) is 9.26. The molecule has 2 atom stereocenters. The fraction of sp³-hybridized carbons (Fsp3) is 0.857. The second-order valence-corrected chi connectivity index (χ2v) is 3.68. The van der Waals surface area contributed by atoms with Crippen molar-refractivity contribution >= 4 is 12.2 Å². The number of aromatic amines is 1. The van der Waals surface area contributed by atoms with E-state index < -0.39 is 0 Å². The van der Waals surface area contributed by atoms with Gasteiger partial charge in [0, 0.05) is 19.1 Å². The van der Waals surface area contributed by atoms with E-state index in [9.17, 15) is 0 Å². The summed E-state index contributed by atoms with van der Waals surface area (Å²) in [6.45, 7) is 3.76. The van der Waals surface area contributed by atoms with E-state index in [0.717, 1.165) is 19.6 Å². The summed E-state index contributed by atoms with van der Waals surface area (Å²) in [5.74, 6) is 0.522. The minimum Gasteiger partial charge on any atom is -0.378 e. The molecule has 2 heterocycles. The highest BCUT2D eigenvalue weighted by Gasteiger charge is 2.24. The SMILES string of the molecule is CC1OCCC1Cn1[nH]nnc1=S. The van der Waals surface area contributed by atoms with Gasteiger partial charge in [0.25, 0.3) is 0 Å². The molecule has 5 nitrogen and oxygen atoms in total. The first-order chi connectivity index (χ1) is 6.27. The van der Waals surface area contributed by atoms with Crippen molar-refractivity contribution in [3.8, 4) is 0 Å². The molecule has 2 rings (SSSR count). The van der Waals surface area contributed by atoms with Crippen LogP contribution in [0.4, 0.5) is 0 Å². The van der Waals surface area contributed by atoms with Crippen LogP contribution in [0.25, 0.3) is 0 Å². The van der Waals surface area contributed by atoms with Gasteiger partial charge in [0.15, 0.2) is 0 Å². The van der Waals surface area contributed by atoms with Gasteiger partial charge in [-0.2, -0.15) is 5.21 Å². The Bertz CT molecular complexity index is 333. The van der Waals surface area contributed by atoms with Crippen LogP contribution in [0.1, 0.15) is 13.3 Å². The molecule has 1 aromatic heterocycles. The molecule has 0 aliphatic carbocycles. The lowest BCUT2D eigenvalue weighted by atomic mass is 10.0. The van der Waals surface area contributed by atoms with Crippen LogP contribution in [0.15, 0.2) is 0 Å². The topological polar surface area (TPSA) is 55.7 Å². The molecular weight excluding hydrogens is 188 g/mol. The number of ether oxygens (including phenoxy) is 1. The Morgan fingerprint density at radius 2 is 2.62 bits per heavy atom. The highest BCUT2D eigenvalue weighted by Crippen LogP contribution is 2.21. The monoisotopic (exact) mass is 200 g/mol.